The molecule has 0 fully saturated rings. The molecule has 3 rings (SSSR count). The van der Waals surface area contributed by atoms with Gasteiger partial charge in [-0.1, -0.05) is 28.4 Å². The van der Waals surface area contributed by atoms with E-state index in [-0.39, 0.29) is 0 Å². The minimum atomic E-state index is 0.294. The van der Waals surface area contributed by atoms with Crippen molar-refractivity contribution in [2.24, 2.45) is 0 Å². The van der Waals surface area contributed by atoms with Crippen molar-refractivity contribution in [1.82, 2.24) is 15.1 Å². The molecule has 2 N–H and O–H groups in total. The van der Waals surface area contributed by atoms with Crippen molar-refractivity contribution < 1.29 is 4.52 Å². The number of nitrogens with two attached hydrogens (primary N) is 1. The van der Waals surface area contributed by atoms with E-state index in [2.05, 4.69) is 15.1 Å². The van der Waals surface area contributed by atoms with Crippen molar-refractivity contribution in [3.8, 4) is 23.0 Å². The second-order valence-electron chi connectivity index (χ2n) is 3.61. The van der Waals surface area contributed by atoms with Gasteiger partial charge < -0.3 is 10.3 Å². The van der Waals surface area contributed by atoms with Gasteiger partial charge in [-0.2, -0.15) is 4.98 Å². The van der Waals surface area contributed by atoms with Crippen molar-refractivity contribution in [3.63, 3.8) is 0 Å². The summed E-state index contributed by atoms with van der Waals surface area (Å²) >= 11 is 13.2. The first-order chi connectivity index (χ1) is 9.15. The number of nitrogen functional groups attached to an aromatic ring is 1. The van der Waals surface area contributed by atoms with E-state index >= 15 is 0 Å². The van der Waals surface area contributed by atoms with Crippen LogP contribution in [0.4, 0.5) is 5.00 Å². The van der Waals surface area contributed by atoms with Crippen molar-refractivity contribution in [1.29, 1.82) is 0 Å². The fraction of sp³-hybridized carbons (Fsp3) is 0. The van der Waals surface area contributed by atoms with Crippen LogP contribution in [0.5, 0.6) is 0 Å². The lowest BCUT2D eigenvalue weighted by atomic mass is 10.3. The Morgan fingerprint density at radius 1 is 1.32 bits per heavy atom. The molecule has 0 spiro atoms. The fourth-order valence-corrected chi connectivity index (χ4v) is 2.60. The zero-order valence-corrected chi connectivity index (χ0v) is 11.6. The summed E-state index contributed by atoms with van der Waals surface area (Å²) in [6, 6.07) is 3.38. The Labute approximate surface area is 122 Å². The third-order valence-electron chi connectivity index (χ3n) is 2.37. The van der Waals surface area contributed by atoms with Crippen LogP contribution in [0.2, 0.25) is 10.0 Å². The van der Waals surface area contributed by atoms with Crippen molar-refractivity contribution >= 4 is 39.5 Å². The number of hydrogen-bond donors (Lipinski definition) is 1. The maximum Gasteiger partial charge on any atom is 0.261 e. The van der Waals surface area contributed by atoms with E-state index < -0.39 is 0 Å². The zero-order chi connectivity index (χ0) is 13.4. The normalized spacial score (nSPS) is 10.8. The average molecular weight is 313 g/mol. The van der Waals surface area contributed by atoms with Crippen LogP contribution < -0.4 is 5.73 Å². The molecule has 0 amide bonds. The van der Waals surface area contributed by atoms with Crippen LogP contribution in [0.1, 0.15) is 0 Å². The molecule has 0 radical (unpaired) electrons. The summed E-state index contributed by atoms with van der Waals surface area (Å²) in [5.74, 6) is 0.629. The van der Waals surface area contributed by atoms with Crippen molar-refractivity contribution in [2.45, 2.75) is 0 Å². The van der Waals surface area contributed by atoms with Crippen LogP contribution in [0.25, 0.3) is 23.0 Å². The Balaban J connectivity index is 2.04. The Bertz CT molecular complexity index is 740. The van der Waals surface area contributed by atoms with Gasteiger partial charge in [0.15, 0.2) is 0 Å². The summed E-state index contributed by atoms with van der Waals surface area (Å²) in [5, 5.41) is 7.12. The highest BCUT2D eigenvalue weighted by atomic mass is 35.5. The second kappa shape index (κ2) is 4.80. The lowest BCUT2D eigenvalue weighted by molar-refractivity contribution is 0.432. The molecule has 19 heavy (non-hydrogen) atoms. The third kappa shape index (κ3) is 2.30. The molecule has 0 unspecified atom stereocenters. The SMILES string of the molecule is Nc1sccc1-c1nc(-c2ncc(Cl)cc2Cl)no1. The number of anilines is 1. The lowest BCUT2D eigenvalue weighted by Crippen LogP contribution is -1.88. The largest absolute Gasteiger partial charge is 0.390 e. The first-order valence-corrected chi connectivity index (χ1v) is 6.77. The van der Waals surface area contributed by atoms with E-state index in [1.807, 2.05) is 11.4 Å². The van der Waals surface area contributed by atoms with Gasteiger partial charge >= 0.3 is 0 Å². The molecule has 0 bridgehead atoms. The molecule has 0 aliphatic heterocycles. The van der Waals surface area contributed by atoms with Crippen LogP contribution in [0, 0.1) is 0 Å². The van der Waals surface area contributed by atoms with Gasteiger partial charge in [-0.3, -0.25) is 0 Å². The first-order valence-electron chi connectivity index (χ1n) is 5.13. The van der Waals surface area contributed by atoms with Crippen LogP contribution in [0.15, 0.2) is 28.2 Å². The summed E-state index contributed by atoms with van der Waals surface area (Å²) in [4.78, 5) is 8.32. The lowest BCUT2D eigenvalue weighted by Gasteiger charge is -1.97. The molecule has 96 valence electrons. The Hall–Kier alpha value is -1.63. The molecular weight excluding hydrogens is 307 g/mol. The number of pyridine rings is 1. The Kier molecular flexibility index (Phi) is 3.14. The molecule has 5 nitrogen and oxygen atoms in total. The predicted molar refractivity (Wildman–Crippen MR) is 75.3 cm³/mol. The highest BCUT2D eigenvalue weighted by Crippen LogP contribution is 2.32. The Morgan fingerprint density at radius 3 is 2.84 bits per heavy atom. The van der Waals surface area contributed by atoms with Gasteiger partial charge in [0.25, 0.3) is 5.89 Å². The quantitative estimate of drug-likeness (QED) is 0.779. The molecule has 3 heterocycles. The minimum Gasteiger partial charge on any atom is -0.390 e. The molecule has 3 aromatic rings. The average Bonchev–Trinajstić information content (AvgIpc) is 2.97. The molecular formula is C11H6Cl2N4OS. The molecule has 0 aliphatic rings. The Morgan fingerprint density at radius 2 is 2.16 bits per heavy atom. The smallest absolute Gasteiger partial charge is 0.261 e. The minimum absolute atomic E-state index is 0.294. The van der Waals surface area contributed by atoms with E-state index in [0.29, 0.717) is 38.0 Å². The van der Waals surface area contributed by atoms with Crippen LogP contribution >= 0.6 is 34.5 Å². The van der Waals surface area contributed by atoms with E-state index in [1.54, 1.807) is 6.07 Å². The van der Waals surface area contributed by atoms with Crippen LogP contribution in [-0.2, 0) is 0 Å². The summed E-state index contributed by atoms with van der Waals surface area (Å²) < 4.78 is 5.16. The summed E-state index contributed by atoms with van der Waals surface area (Å²) in [6.45, 7) is 0. The van der Waals surface area contributed by atoms with Gasteiger partial charge in [0, 0.05) is 6.20 Å². The highest BCUT2D eigenvalue weighted by molar-refractivity contribution is 7.14. The number of aromatic nitrogens is 3. The topological polar surface area (TPSA) is 77.8 Å². The summed E-state index contributed by atoms with van der Waals surface area (Å²) in [6.07, 6.45) is 1.47. The van der Waals surface area contributed by atoms with Gasteiger partial charge in [-0.25, -0.2) is 4.98 Å². The summed E-state index contributed by atoms with van der Waals surface area (Å²) in [5.41, 5.74) is 6.92. The second-order valence-corrected chi connectivity index (χ2v) is 5.40. The van der Waals surface area contributed by atoms with Gasteiger partial charge in [0.1, 0.15) is 5.69 Å². The van der Waals surface area contributed by atoms with E-state index in [4.69, 9.17) is 33.5 Å². The molecule has 0 saturated carbocycles. The maximum absolute atomic E-state index is 6.04. The van der Waals surface area contributed by atoms with Gasteiger partial charge in [-0.05, 0) is 17.5 Å². The van der Waals surface area contributed by atoms with E-state index in [1.165, 1.54) is 17.5 Å². The predicted octanol–water partition coefficient (Wildman–Crippen LogP) is 3.75. The number of thiophene rings is 1. The molecule has 0 saturated heterocycles. The van der Waals surface area contributed by atoms with Crippen molar-refractivity contribution in [2.75, 3.05) is 5.73 Å². The fourth-order valence-electron chi connectivity index (χ4n) is 1.51. The van der Waals surface area contributed by atoms with E-state index in [0.717, 1.165) is 0 Å². The van der Waals surface area contributed by atoms with Crippen LogP contribution in [0.3, 0.4) is 0 Å². The summed E-state index contributed by atoms with van der Waals surface area (Å²) in [7, 11) is 0. The van der Waals surface area contributed by atoms with Crippen molar-refractivity contribution in [3.05, 3.63) is 33.8 Å². The first kappa shape index (κ1) is 12.4. The van der Waals surface area contributed by atoms with Gasteiger partial charge in [0.05, 0.1) is 20.6 Å². The van der Waals surface area contributed by atoms with Gasteiger partial charge in [-0.15, -0.1) is 11.3 Å². The number of halogens is 2. The number of rotatable bonds is 2. The number of hydrogen-bond acceptors (Lipinski definition) is 6. The van der Waals surface area contributed by atoms with Crippen LogP contribution in [-0.4, -0.2) is 15.1 Å². The monoisotopic (exact) mass is 312 g/mol. The van der Waals surface area contributed by atoms with E-state index in [9.17, 15) is 0 Å². The molecule has 0 atom stereocenters. The molecule has 8 heteroatoms. The molecule has 0 aromatic carbocycles. The highest BCUT2D eigenvalue weighted by Gasteiger charge is 2.16. The third-order valence-corrected chi connectivity index (χ3v) is 3.61. The standard InChI is InChI=1S/C11H6Cl2N4OS/c12-5-3-7(13)8(15-4-5)10-16-11(18-17-10)6-1-2-19-9(6)14/h1-4H,14H2. The van der Waals surface area contributed by atoms with Gasteiger partial charge in [0.2, 0.25) is 5.82 Å². The number of nitrogens with zero attached hydrogens (tertiary/aromatic N) is 3. The molecule has 0 aliphatic carbocycles. The zero-order valence-electron chi connectivity index (χ0n) is 9.30. The molecule has 3 aromatic heterocycles. The maximum atomic E-state index is 6.04.